The van der Waals surface area contributed by atoms with Gasteiger partial charge in [-0.3, -0.25) is 19.4 Å². The van der Waals surface area contributed by atoms with Crippen LogP contribution in [0.15, 0.2) is 85.2 Å². The van der Waals surface area contributed by atoms with Crippen molar-refractivity contribution in [2.24, 2.45) is 17.6 Å². The third kappa shape index (κ3) is 4.75. The van der Waals surface area contributed by atoms with Crippen LogP contribution in [0, 0.1) is 18.8 Å². The molecule has 0 saturated heterocycles. The predicted molar refractivity (Wildman–Crippen MR) is 148 cm³/mol. The lowest BCUT2D eigenvalue weighted by Crippen LogP contribution is -2.45. The van der Waals surface area contributed by atoms with Crippen molar-refractivity contribution in [3.05, 3.63) is 102 Å². The molecule has 0 radical (unpaired) electrons. The molecule has 1 unspecified atom stereocenters. The second-order valence-corrected chi connectivity index (χ2v) is 9.84. The lowest BCUT2D eigenvalue weighted by Gasteiger charge is -2.28. The molecule has 2 heterocycles. The number of aryl methyl sites for hydroxylation is 1. The number of rotatable bonds is 6. The minimum atomic E-state index is -0.798. The summed E-state index contributed by atoms with van der Waals surface area (Å²) in [6, 6.07) is 23.3. The summed E-state index contributed by atoms with van der Waals surface area (Å²) in [5.74, 6) is -2.54. The molecule has 5 rings (SSSR count). The highest BCUT2D eigenvalue weighted by molar-refractivity contribution is 6.07. The van der Waals surface area contributed by atoms with Crippen LogP contribution in [-0.4, -0.2) is 29.3 Å². The van der Waals surface area contributed by atoms with E-state index in [2.05, 4.69) is 23.2 Å². The molecule has 0 bridgehead atoms. The van der Waals surface area contributed by atoms with Crippen molar-refractivity contribution < 1.29 is 14.4 Å². The van der Waals surface area contributed by atoms with Crippen LogP contribution in [0.1, 0.15) is 23.6 Å². The number of carbonyl (C=O) groups excluding carboxylic acids is 3. The van der Waals surface area contributed by atoms with Crippen molar-refractivity contribution in [2.75, 3.05) is 16.3 Å². The van der Waals surface area contributed by atoms with Gasteiger partial charge in [0.1, 0.15) is 0 Å². The first kappa shape index (κ1) is 25.1. The highest BCUT2D eigenvalue weighted by Gasteiger charge is 2.40. The number of carbonyl (C=O) groups is 3. The Morgan fingerprint density at radius 1 is 1.00 bits per heavy atom. The predicted octanol–water partition coefficient (Wildman–Crippen LogP) is 4.40. The topological polar surface area (TPSA) is 96.6 Å². The number of anilines is 2. The van der Waals surface area contributed by atoms with Crippen LogP contribution in [-0.2, 0) is 27.3 Å². The van der Waals surface area contributed by atoms with Crippen molar-refractivity contribution in [2.45, 2.75) is 26.8 Å². The zero-order valence-corrected chi connectivity index (χ0v) is 21.5. The van der Waals surface area contributed by atoms with Crippen LogP contribution >= 0.6 is 0 Å². The van der Waals surface area contributed by atoms with Gasteiger partial charge < -0.3 is 15.5 Å². The van der Waals surface area contributed by atoms with E-state index >= 15 is 0 Å². The zero-order valence-electron chi connectivity index (χ0n) is 21.5. The number of primary amides is 1. The van der Waals surface area contributed by atoms with Crippen LogP contribution in [0.3, 0.4) is 0 Å². The quantitative estimate of drug-likeness (QED) is 0.419. The molecule has 7 nitrogen and oxygen atoms in total. The van der Waals surface area contributed by atoms with Gasteiger partial charge in [-0.05, 0) is 52.6 Å². The van der Waals surface area contributed by atoms with Gasteiger partial charge in [0.25, 0.3) is 0 Å². The largest absolute Gasteiger partial charge is 0.369 e. The van der Waals surface area contributed by atoms with Crippen molar-refractivity contribution in [1.29, 1.82) is 0 Å². The average Bonchev–Trinajstić information content (AvgIpc) is 3.05. The summed E-state index contributed by atoms with van der Waals surface area (Å²) in [6.07, 6.45) is 3.44. The van der Waals surface area contributed by atoms with E-state index in [1.807, 2.05) is 55.5 Å². The van der Waals surface area contributed by atoms with Gasteiger partial charge in [0.2, 0.25) is 17.7 Å². The number of pyridine rings is 1. The Morgan fingerprint density at radius 2 is 1.74 bits per heavy atom. The molecule has 0 fully saturated rings. The molecule has 0 aliphatic carbocycles. The van der Waals surface area contributed by atoms with Crippen molar-refractivity contribution in [3.63, 3.8) is 0 Å². The van der Waals surface area contributed by atoms with Gasteiger partial charge in [-0.25, -0.2) is 0 Å². The Balaban J connectivity index is 1.63. The van der Waals surface area contributed by atoms with Crippen LogP contribution in [0.25, 0.3) is 10.8 Å². The number of nitrogens with two attached hydrogens (primary N) is 1. The van der Waals surface area contributed by atoms with E-state index in [1.165, 1.54) is 0 Å². The Hall–Kier alpha value is -4.52. The lowest BCUT2D eigenvalue weighted by molar-refractivity contribution is -0.131. The van der Waals surface area contributed by atoms with Gasteiger partial charge in [-0.1, -0.05) is 61.5 Å². The molecule has 0 saturated carbocycles. The number of nitrogens with zero attached hydrogens (tertiary/aromatic N) is 3. The van der Waals surface area contributed by atoms with Crippen molar-refractivity contribution in [3.8, 4) is 0 Å². The van der Waals surface area contributed by atoms with E-state index in [0.29, 0.717) is 17.9 Å². The summed E-state index contributed by atoms with van der Waals surface area (Å²) in [5.41, 5.74) is 9.81. The lowest BCUT2D eigenvalue weighted by atomic mass is 9.91. The van der Waals surface area contributed by atoms with Crippen molar-refractivity contribution in [1.82, 2.24) is 4.98 Å². The molecule has 7 heteroatoms. The summed E-state index contributed by atoms with van der Waals surface area (Å²) in [4.78, 5) is 47.7. The monoisotopic (exact) mass is 506 g/mol. The zero-order chi connectivity index (χ0) is 26.8. The van der Waals surface area contributed by atoms with Gasteiger partial charge in [-0.2, -0.15) is 0 Å². The first-order valence-electron chi connectivity index (χ1n) is 12.7. The number of benzene rings is 3. The van der Waals surface area contributed by atoms with Gasteiger partial charge in [0, 0.05) is 24.9 Å². The van der Waals surface area contributed by atoms with E-state index in [1.54, 1.807) is 35.2 Å². The fourth-order valence-corrected chi connectivity index (χ4v) is 5.17. The Morgan fingerprint density at radius 3 is 2.47 bits per heavy atom. The molecule has 2 N–H and O–H groups in total. The molecular formula is C31H30N4O3. The fraction of sp³-hybridized carbons (Fsp3) is 0.226. The minimum absolute atomic E-state index is 0.0596. The smallest absolute Gasteiger partial charge is 0.233 e. The molecule has 38 heavy (non-hydrogen) atoms. The van der Waals surface area contributed by atoms with Gasteiger partial charge in [0.05, 0.1) is 30.3 Å². The number of para-hydroxylation sites is 2. The molecule has 3 aromatic carbocycles. The number of fused-ring (bicyclic) bond motifs is 2. The number of hydrogen-bond acceptors (Lipinski definition) is 4. The van der Waals surface area contributed by atoms with E-state index in [0.717, 1.165) is 27.5 Å². The van der Waals surface area contributed by atoms with Crippen LogP contribution in [0.5, 0.6) is 0 Å². The molecule has 192 valence electrons. The second-order valence-electron chi connectivity index (χ2n) is 9.84. The molecule has 4 aromatic rings. The Labute approximate surface area is 221 Å². The van der Waals surface area contributed by atoms with Crippen LogP contribution in [0.4, 0.5) is 11.4 Å². The summed E-state index contributed by atoms with van der Waals surface area (Å²) >= 11 is 0. The molecule has 1 aromatic heterocycles. The van der Waals surface area contributed by atoms with E-state index in [4.69, 9.17) is 5.73 Å². The van der Waals surface area contributed by atoms with Crippen LogP contribution < -0.4 is 15.5 Å². The summed E-state index contributed by atoms with van der Waals surface area (Å²) in [5, 5.41) is 2.14. The minimum Gasteiger partial charge on any atom is -0.369 e. The molecule has 3 amide bonds. The highest BCUT2D eigenvalue weighted by atomic mass is 16.2. The fourth-order valence-electron chi connectivity index (χ4n) is 5.17. The highest BCUT2D eigenvalue weighted by Crippen LogP contribution is 2.38. The maximum absolute atomic E-state index is 14.2. The third-order valence-electron chi connectivity index (χ3n) is 7.45. The van der Waals surface area contributed by atoms with E-state index < -0.39 is 17.7 Å². The van der Waals surface area contributed by atoms with Crippen molar-refractivity contribution >= 4 is 39.9 Å². The van der Waals surface area contributed by atoms with Gasteiger partial charge >= 0.3 is 0 Å². The van der Waals surface area contributed by atoms with E-state index in [-0.39, 0.29) is 24.8 Å². The summed E-state index contributed by atoms with van der Waals surface area (Å²) in [6.45, 7) is 4.05. The third-order valence-corrected chi connectivity index (χ3v) is 7.45. The standard InChI is InChI=1S/C31H30N4O3/c1-20-13-14-23-9-3-4-10-24(23)25(20)18-35-28-12-6-5-11-27(28)34(19-26(31(35)38)21(2)30(32)37)29(36)16-22-8-7-15-33-17-22/h3-15,17,21,26H,16,18-19H2,1-2H3,(H2,32,37)/t21?,26-/m1/s1. The summed E-state index contributed by atoms with van der Waals surface area (Å²) < 4.78 is 0. The normalized spacial score (nSPS) is 16.2. The van der Waals surface area contributed by atoms with Crippen LogP contribution in [0.2, 0.25) is 0 Å². The number of hydrogen-bond donors (Lipinski definition) is 1. The molecular weight excluding hydrogens is 476 g/mol. The molecule has 1 aliphatic heterocycles. The Kier molecular flexibility index (Phi) is 6.92. The number of amides is 3. The summed E-state index contributed by atoms with van der Waals surface area (Å²) in [7, 11) is 0. The Bertz CT molecular complexity index is 1520. The van der Waals surface area contributed by atoms with E-state index in [9.17, 15) is 14.4 Å². The molecule has 0 spiro atoms. The molecule has 2 atom stereocenters. The SMILES string of the molecule is Cc1ccc2ccccc2c1CN1C(=O)[C@@H](C(C)C(N)=O)CN(C(=O)Cc2cccnc2)c2ccccc21. The molecule has 1 aliphatic rings. The average molecular weight is 507 g/mol. The van der Waals surface area contributed by atoms with Gasteiger partial charge in [0.15, 0.2) is 0 Å². The first-order chi connectivity index (χ1) is 18.3. The maximum Gasteiger partial charge on any atom is 0.233 e. The maximum atomic E-state index is 14.2. The first-order valence-corrected chi connectivity index (χ1v) is 12.7. The number of aromatic nitrogens is 1. The second kappa shape index (κ2) is 10.5. The van der Waals surface area contributed by atoms with Gasteiger partial charge in [-0.15, -0.1) is 0 Å².